The first-order valence-electron chi connectivity index (χ1n) is 10.3. The van der Waals surface area contributed by atoms with Crippen LogP contribution in [0.1, 0.15) is 48.1 Å². The van der Waals surface area contributed by atoms with Crippen LogP contribution in [0.25, 0.3) is 0 Å². The first kappa shape index (κ1) is 27.6. The van der Waals surface area contributed by atoms with Crippen molar-refractivity contribution in [2.75, 3.05) is 13.7 Å². The van der Waals surface area contributed by atoms with Crippen LogP contribution >= 0.6 is 0 Å². The van der Waals surface area contributed by atoms with Crippen LogP contribution in [-0.2, 0) is 32.2 Å². The van der Waals surface area contributed by atoms with Crippen LogP contribution < -0.4 is 11.5 Å². The molecule has 34 heavy (non-hydrogen) atoms. The molecule has 0 saturated heterocycles. The number of rotatable bonds is 9. The van der Waals surface area contributed by atoms with Crippen LogP contribution in [0.2, 0.25) is 0 Å². The van der Waals surface area contributed by atoms with Crippen molar-refractivity contribution in [3.63, 3.8) is 0 Å². The van der Waals surface area contributed by atoms with Crippen molar-refractivity contribution in [3.8, 4) is 0 Å². The molecule has 2 aromatic rings. The number of hydrogen-bond donors (Lipinski definition) is 2. The second-order valence-corrected chi connectivity index (χ2v) is 7.98. The van der Waals surface area contributed by atoms with Crippen molar-refractivity contribution in [1.29, 1.82) is 0 Å². The quantitative estimate of drug-likeness (QED) is 0.383. The molecule has 1 unspecified atom stereocenters. The average Bonchev–Trinajstić information content (AvgIpc) is 2.79. The predicted molar refractivity (Wildman–Crippen MR) is 112 cm³/mol. The molecule has 0 radical (unpaired) electrons. The minimum absolute atomic E-state index is 0.0572. The monoisotopic (exact) mass is 492 g/mol. The zero-order valence-corrected chi connectivity index (χ0v) is 18.5. The number of carbonyl (C=O) groups excluding carboxylic acids is 1. The smallest absolute Gasteiger partial charge is 0.416 e. The fourth-order valence-corrected chi connectivity index (χ4v) is 3.34. The zero-order chi connectivity index (χ0) is 25.7. The van der Waals surface area contributed by atoms with Gasteiger partial charge in [0.25, 0.3) is 0 Å². The molecular formula is C23H26F6N2O3. The standard InChI is InChI=1S/C23H26F6N2O3/c1-14(15-10-17(22(24,25)26)12-18(11-15)23(27,28)29)34-13-21(31,16-6-4-3-5-7-16)9-8-19(30)20(32)33-2/h3-7,10-12,14,19H,8-9,13,30-31H2,1-2H3/t14-,19?,21-/m1/s1. The van der Waals surface area contributed by atoms with Gasteiger partial charge in [-0.15, -0.1) is 0 Å². The summed E-state index contributed by atoms with van der Waals surface area (Å²) < 4.78 is 89.4. The second-order valence-electron chi connectivity index (χ2n) is 7.98. The van der Waals surface area contributed by atoms with Crippen molar-refractivity contribution in [2.24, 2.45) is 11.5 Å². The van der Waals surface area contributed by atoms with Crippen LogP contribution in [0.4, 0.5) is 26.3 Å². The molecule has 0 bridgehead atoms. The van der Waals surface area contributed by atoms with Crippen LogP contribution in [0.5, 0.6) is 0 Å². The fraction of sp³-hybridized carbons (Fsp3) is 0.435. The van der Waals surface area contributed by atoms with Gasteiger partial charge in [-0.25, -0.2) is 0 Å². The van der Waals surface area contributed by atoms with E-state index in [1.54, 1.807) is 30.3 Å². The van der Waals surface area contributed by atoms with Gasteiger partial charge in [0, 0.05) is 0 Å². The minimum Gasteiger partial charge on any atom is -0.468 e. The van der Waals surface area contributed by atoms with E-state index in [1.165, 1.54) is 14.0 Å². The first-order valence-corrected chi connectivity index (χ1v) is 10.3. The Morgan fingerprint density at radius 2 is 1.47 bits per heavy atom. The Kier molecular flexibility index (Phi) is 8.73. The number of benzene rings is 2. The van der Waals surface area contributed by atoms with Gasteiger partial charge in [0.2, 0.25) is 0 Å². The topological polar surface area (TPSA) is 87.6 Å². The maximum Gasteiger partial charge on any atom is 0.416 e. The Bertz CT molecular complexity index is 933. The Labute approximate surface area is 193 Å². The lowest BCUT2D eigenvalue weighted by Gasteiger charge is -2.32. The number of halogens is 6. The lowest BCUT2D eigenvalue weighted by Crippen LogP contribution is -2.44. The summed E-state index contributed by atoms with van der Waals surface area (Å²) in [5, 5.41) is 0. The molecule has 3 atom stereocenters. The highest BCUT2D eigenvalue weighted by Gasteiger charge is 2.38. The van der Waals surface area contributed by atoms with Gasteiger partial charge >= 0.3 is 18.3 Å². The number of esters is 1. The summed E-state index contributed by atoms with van der Waals surface area (Å²) in [6, 6.07) is 8.89. The highest BCUT2D eigenvalue weighted by atomic mass is 19.4. The summed E-state index contributed by atoms with van der Waals surface area (Å²) >= 11 is 0. The molecule has 0 heterocycles. The Morgan fingerprint density at radius 1 is 0.941 bits per heavy atom. The maximum atomic E-state index is 13.2. The van der Waals surface area contributed by atoms with E-state index in [0.717, 1.165) is 0 Å². The third-order valence-electron chi connectivity index (χ3n) is 5.42. The summed E-state index contributed by atoms with van der Waals surface area (Å²) in [6.07, 6.45) is -10.8. The Morgan fingerprint density at radius 3 is 1.94 bits per heavy atom. The van der Waals surface area contributed by atoms with Gasteiger partial charge in [-0.2, -0.15) is 26.3 Å². The Hall–Kier alpha value is -2.63. The van der Waals surface area contributed by atoms with Crippen molar-refractivity contribution >= 4 is 5.97 Å². The normalized spacial score (nSPS) is 15.9. The van der Waals surface area contributed by atoms with Crippen molar-refractivity contribution < 1.29 is 40.6 Å². The molecule has 0 aliphatic heterocycles. The van der Waals surface area contributed by atoms with Gasteiger partial charge in [-0.1, -0.05) is 30.3 Å². The van der Waals surface area contributed by atoms with E-state index in [9.17, 15) is 31.1 Å². The van der Waals surface area contributed by atoms with Gasteiger partial charge in [0.1, 0.15) is 6.04 Å². The highest BCUT2D eigenvalue weighted by Crippen LogP contribution is 2.38. The summed E-state index contributed by atoms with van der Waals surface area (Å²) in [5.41, 5.74) is 8.54. The summed E-state index contributed by atoms with van der Waals surface area (Å²) in [6.45, 7) is 1.07. The van der Waals surface area contributed by atoms with Gasteiger partial charge < -0.3 is 20.9 Å². The van der Waals surface area contributed by atoms with Gasteiger partial charge in [-0.05, 0) is 49.1 Å². The van der Waals surface area contributed by atoms with E-state index in [4.69, 9.17) is 16.2 Å². The summed E-state index contributed by atoms with van der Waals surface area (Å²) in [5.74, 6) is -0.645. The van der Waals surface area contributed by atoms with Crippen molar-refractivity contribution in [1.82, 2.24) is 0 Å². The van der Waals surface area contributed by atoms with Crippen LogP contribution in [-0.4, -0.2) is 25.7 Å². The molecule has 11 heteroatoms. The molecule has 2 aromatic carbocycles. The summed E-state index contributed by atoms with van der Waals surface area (Å²) in [4.78, 5) is 11.6. The predicted octanol–water partition coefficient (Wildman–Crippen LogP) is 4.94. The van der Waals surface area contributed by atoms with E-state index in [-0.39, 0.29) is 31.1 Å². The molecule has 0 fully saturated rings. The van der Waals surface area contributed by atoms with E-state index in [0.29, 0.717) is 17.7 Å². The maximum absolute atomic E-state index is 13.2. The molecule has 0 aliphatic carbocycles. The average molecular weight is 492 g/mol. The van der Waals surface area contributed by atoms with Gasteiger partial charge in [0.15, 0.2) is 0 Å². The van der Waals surface area contributed by atoms with Crippen LogP contribution in [0.15, 0.2) is 48.5 Å². The number of nitrogens with two attached hydrogens (primary N) is 2. The zero-order valence-electron chi connectivity index (χ0n) is 18.5. The van der Waals surface area contributed by atoms with E-state index < -0.39 is 47.1 Å². The van der Waals surface area contributed by atoms with E-state index in [2.05, 4.69) is 4.74 Å². The molecule has 5 nitrogen and oxygen atoms in total. The molecule has 2 rings (SSSR count). The minimum atomic E-state index is -4.97. The van der Waals surface area contributed by atoms with Crippen LogP contribution in [0.3, 0.4) is 0 Å². The lowest BCUT2D eigenvalue weighted by molar-refractivity contribution is -0.144. The third-order valence-corrected chi connectivity index (χ3v) is 5.42. The first-order chi connectivity index (χ1) is 15.7. The van der Waals surface area contributed by atoms with E-state index >= 15 is 0 Å². The Balaban J connectivity index is 2.30. The molecule has 0 saturated carbocycles. The molecule has 0 aromatic heterocycles. The van der Waals surface area contributed by atoms with Crippen molar-refractivity contribution in [2.45, 2.75) is 49.8 Å². The molecule has 4 N–H and O–H groups in total. The van der Waals surface area contributed by atoms with Crippen molar-refractivity contribution in [3.05, 3.63) is 70.8 Å². The fourth-order valence-electron chi connectivity index (χ4n) is 3.34. The largest absolute Gasteiger partial charge is 0.468 e. The summed E-state index contributed by atoms with van der Waals surface area (Å²) in [7, 11) is 1.18. The molecule has 0 aliphatic rings. The molecular weight excluding hydrogens is 466 g/mol. The molecule has 0 amide bonds. The van der Waals surface area contributed by atoms with E-state index in [1.807, 2.05) is 0 Å². The third kappa shape index (κ3) is 7.18. The number of methoxy groups -OCH3 is 1. The van der Waals surface area contributed by atoms with Crippen LogP contribution in [0, 0.1) is 0 Å². The second kappa shape index (κ2) is 10.7. The molecule has 0 spiro atoms. The highest BCUT2D eigenvalue weighted by molar-refractivity contribution is 5.75. The molecule has 188 valence electrons. The van der Waals surface area contributed by atoms with Gasteiger partial charge in [-0.3, -0.25) is 4.79 Å². The SMILES string of the molecule is COC(=O)C(N)CC[C@@](N)(CO[C@H](C)c1cc(C(F)(F)F)cc(C(F)(F)F)c1)c1ccccc1. The lowest BCUT2D eigenvalue weighted by atomic mass is 9.85. The van der Waals surface area contributed by atoms with Gasteiger partial charge in [0.05, 0.1) is 36.5 Å². The number of ether oxygens (including phenoxy) is 2. The number of carbonyl (C=O) groups is 1. The number of hydrogen-bond acceptors (Lipinski definition) is 5. The number of alkyl halides is 6.